The van der Waals surface area contributed by atoms with Crippen LogP contribution in [0.2, 0.25) is 5.02 Å². The van der Waals surface area contributed by atoms with Gasteiger partial charge in [0.05, 0.1) is 24.6 Å². The highest BCUT2D eigenvalue weighted by Crippen LogP contribution is 2.27. The van der Waals surface area contributed by atoms with Crippen molar-refractivity contribution >= 4 is 50.0 Å². The number of fused-ring (bicyclic) bond motifs is 1. The number of hydrogen-bond donors (Lipinski definition) is 0. The first-order valence-corrected chi connectivity index (χ1v) is 15.1. The summed E-state index contributed by atoms with van der Waals surface area (Å²) in [5, 5.41) is 5.47. The maximum atomic E-state index is 13.5. The maximum absolute atomic E-state index is 13.5. The number of benzene rings is 2. The summed E-state index contributed by atoms with van der Waals surface area (Å²) in [6.45, 7) is 3.37. The molecule has 3 aromatic rings. The van der Waals surface area contributed by atoms with E-state index in [0.717, 1.165) is 42.4 Å². The van der Waals surface area contributed by atoms with Gasteiger partial charge in [-0.2, -0.15) is 4.31 Å². The SMILES string of the molecule is CCOC(=O)CN(C1CCN(c2ccncc2)CC1)N1CCN(S(=O)(=O)c2ccc3cc(Cl)ccc3c2)CC1=O. The smallest absolute Gasteiger partial charge is 0.322 e. The molecule has 1 aromatic heterocycles. The molecule has 2 aliphatic heterocycles. The Kier molecular flexibility index (Phi) is 8.55. The van der Waals surface area contributed by atoms with Crippen LogP contribution in [0.4, 0.5) is 5.69 Å². The van der Waals surface area contributed by atoms with E-state index in [1.807, 2.05) is 12.1 Å². The predicted octanol–water partition coefficient (Wildman–Crippen LogP) is 3.17. The molecule has 1 amide bonds. The number of nitrogens with zero attached hydrogens (tertiary/aromatic N) is 5. The van der Waals surface area contributed by atoms with Gasteiger partial charge in [-0.1, -0.05) is 23.7 Å². The molecule has 212 valence electrons. The Balaban J connectivity index is 1.30. The molecule has 0 aliphatic carbocycles. The van der Waals surface area contributed by atoms with Crippen LogP contribution in [0.1, 0.15) is 19.8 Å². The van der Waals surface area contributed by atoms with E-state index >= 15 is 0 Å². The minimum absolute atomic E-state index is 0.0677. The summed E-state index contributed by atoms with van der Waals surface area (Å²) >= 11 is 6.06. The van der Waals surface area contributed by atoms with E-state index in [1.165, 1.54) is 15.4 Å². The number of piperidine rings is 1. The van der Waals surface area contributed by atoms with Gasteiger partial charge in [-0.3, -0.25) is 19.6 Å². The van der Waals surface area contributed by atoms with E-state index in [-0.39, 0.29) is 49.6 Å². The fourth-order valence-electron chi connectivity index (χ4n) is 5.35. The Bertz CT molecular complexity index is 1480. The largest absolute Gasteiger partial charge is 0.465 e. The zero-order chi connectivity index (χ0) is 28.3. The highest BCUT2D eigenvalue weighted by atomic mass is 35.5. The van der Waals surface area contributed by atoms with Gasteiger partial charge in [0.15, 0.2) is 0 Å². The van der Waals surface area contributed by atoms with Crippen LogP contribution in [0.3, 0.4) is 0 Å². The van der Waals surface area contributed by atoms with E-state index in [9.17, 15) is 18.0 Å². The van der Waals surface area contributed by atoms with Gasteiger partial charge in [-0.05, 0) is 66.9 Å². The fraction of sp³-hybridized carbons (Fsp3) is 0.393. The lowest BCUT2D eigenvalue weighted by atomic mass is 10.0. The molecule has 0 saturated carbocycles. The van der Waals surface area contributed by atoms with Crippen LogP contribution in [0, 0.1) is 0 Å². The summed E-state index contributed by atoms with van der Waals surface area (Å²) in [6, 6.07) is 14.0. The third kappa shape index (κ3) is 6.07. The molecule has 40 heavy (non-hydrogen) atoms. The normalized spacial score (nSPS) is 17.5. The number of piperazine rings is 1. The van der Waals surface area contributed by atoms with E-state index in [0.29, 0.717) is 5.02 Å². The van der Waals surface area contributed by atoms with Crippen molar-refractivity contribution in [1.29, 1.82) is 0 Å². The van der Waals surface area contributed by atoms with Crippen LogP contribution < -0.4 is 4.90 Å². The zero-order valence-corrected chi connectivity index (χ0v) is 23.9. The lowest BCUT2D eigenvalue weighted by Crippen LogP contribution is -2.62. The predicted molar refractivity (Wildman–Crippen MR) is 152 cm³/mol. The summed E-state index contributed by atoms with van der Waals surface area (Å²) in [6.07, 6.45) is 4.98. The number of hydrazine groups is 1. The molecule has 10 nitrogen and oxygen atoms in total. The molecule has 5 rings (SSSR count). The van der Waals surface area contributed by atoms with Crippen molar-refractivity contribution in [3.63, 3.8) is 0 Å². The summed E-state index contributed by atoms with van der Waals surface area (Å²) in [4.78, 5) is 32.4. The highest BCUT2D eigenvalue weighted by molar-refractivity contribution is 7.89. The number of ether oxygens (including phenoxy) is 1. The number of hydrogen-bond acceptors (Lipinski definition) is 8. The Morgan fingerprint density at radius 2 is 1.73 bits per heavy atom. The van der Waals surface area contributed by atoms with E-state index in [2.05, 4.69) is 9.88 Å². The number of sulfonamides is 1. The molecule has 0 spiro atoms. The molecule has 0 N–H and O–H groups in total. The van der Waals surface area contributed by atoms with Gasteiger partial charge in [0.1, 0.15) is 6.54 Å². The quantitative estimate of drug-likeness (QED) is 0.371. The second kappa shape index (κ2) is 12.1. The molecule has 2 saturated heterocycles. The number of aromatic nitrogens is 1. The number of carbonyl (C=O) groups is 2. The average molecular weight is 586 g/mol. The number of amides is 1. The number of pyridine rings is 1. The van der Waals surface area contributed by atoms with Crippen LogP contribution in [0.15, 0.2) is 65.8 Å². The molecule has 3 heterocycles. The van der Waals surface area contributed by atoms with Crippen LogP contribution in [0.5, 0.6) is 0 Å². The van der Waals surface area contributed by atoms with Crippen molar-refractivity contribution in [2.45, 2.75) is 30.7 Å². The van der Waals surface area contributed by atoms with Gasteiger partial charge >= 0.3 is 5.97 Å². The highest BCUT2D eigenvalue weighted by Gasteiger charge is 2.39. The summed E-state index contributed by atoms with van der Waals surface area (Å²) < 4.78 is 33.4. The summed E-state index contributed by atoms with van der Waals surface area (Å²) in [5.41, 5.74) is 1.08. The Hall–Kier alpha value is -3.25. The average Bonchev–Trinajstić information content (AvgIpc) is 2.96. The van der Waals surface area contributed by atoms with Gasteiger partial charge < -0.3 is 9.64 Å². The van der Waals surface area contributed by atoms with Crippen molar-refractivity contribution in [2.75, 3.05) is 50.8 Å². The molecule has 2 aromatic carbocycles. The molecule has 2 aliphatic rings. The lowest BCUT2D eigenvalue weighted by Gasteiger charge is -2.46. The molecular weight excluding hydrogens is 554 g/mol. The third-order valence-electron chi connectivity index (χ3n) is 7.39. The molecule has 0 unspecified atom stereocenters. The number of esters is 1. The van der Waals surface area contributed by atoms with Crippen molar-refractivity contribution in [3.05, 3.63) is 65.9 Å². The minimum Gasteiger partial charge on any atom is -0.465 e. The maximum Gasteiger partial charge on any atom is 0.322 e. The topological polar surface area (TPSA) is 103 Å². The van der Waals surface area contributed by atoms with Crippen LogP contribution >= 0.6 is 11.6 Å². The van der Waals surface area contributed by atoms with Crippen molar-refractivity contribution < 1.29 is 22.7 Å². The molecule has 0 atom stereocenters. The Labute approximate surface area is 239 Å². The molecule has 12 heteroatoms. The van der Waals surface area contributed by atoms with Gasteiger partial charge in [-0.15, -0.1) is 0 Å². The first-order chi connectivity index (χ1) is 19.3. The number of carbonyl (C=O) groups excluding carboxylic acids is 2. The standard InChI is InChI=1S/C28H32ClN5O5S/c1-2-39-28(36)20-34(25-9-13-31(14-10-25)24-7-11-30-12-8-24)33-16-15-32(19-27(33)35)40(37,38)26-6-4-21-17-23(29)5-3-22(21)18-26/h3-8,11-12,17-18,25H,2,9-10,13-16,19-20H2,1H3. The van der Waals surface area contributed by atoms with Crippen LogP contribution in [-0.4, -0.2) is 91.5 Å². The monoisotopic (exact) mass is 585 g/mol. The first-order valence-electron chi connectivity index (χ1n) is 13.3. The first kappa shape index (κ1) is 28.3. The lowest BCUT2D eigenvalue weighted by molar-refractivity contribution is -0.168. The van der Waals surface area contributed by atoms with Gasteiger partial charge in [0, 0.05) is 48.8 Å². The second-order valence-corrected chi connectivity index (χ2v) is 12.2. The second-order valence-electron chi connectivity index (χ2n) is 9.83. The van der Waals surface area contributed by atoms with Crippen LogP contribution in [0.25, 0.3) is 10.8 Å². The summed E-state index contributed by atoms with van der Waals surface area (Å²) in [7, 11) is -3.91. The van der Waals surface area contributed by atoms with Gasteiger partial charge in [0.2, 0.25) is 10.0 Å². The summed E-state index contributed by atoms with van der Waals surface area (Å²) in [5.74, 6) is -0.790. The van der Waals surface area contributed by atoms with Crippen molar-refractivity contribution in [1.82, 2.24) is 19.3 Å². The van der Waals surface area contributed by atoms with Gasteiger partial charge in [0.25, 0.3) is 5.91 Å². The Morgan fingerprint density at radius 1 is 1.02 bits per heavy atom. The van der Waals surface area contributed by atoms with Crippen molar-refractivity contribution in [3.8, 4) is 0 Å². The molecular formula is C28H32ClN5O5S. The Morgan fingerprint density at radius 3 is 2.42 bits per heavy atom. The minimum atomic E-state index is -3.91. The van der Waals surface area contributed by atoms with Crippen LogP contribution in [-0.2, 0) is 24.3 Å². The molecule has 0 radical (unpaired) electrons. The molecule has 0 bridgehead atoms. The van der Waals surface area contributed by atoms with Gasteiger partial charge in [-0.25, -0.2) is 13.4 Å². The van der Waals surface area contributed by atoms with E-state index in [4.69, 9.17) is 16.3 Å². The number of rotatable bonds is 8. The van der Waals surface area contributed by atoms with Crippen molar-refractivity contribution in [2.24, 2.45) is 0 Å². The number of halogens is 1. The zero-order valence-electron chi connectivity index (χ0n) is 22.3. The van der Waals surface area contributed by atoms with E-state index in [1.54, 1.807) is 54.7 Å². The number of anilines is 1. The third-order valence-corrected chi connectivity index (χ3v) is 9.47. The van der Waals surface area contributed by atoms with E-state index < -0.39 is 16.0 Å². The fourth-order valence-corrected chi connectivity index (χ4v) is 6.95. The molecule has 2 fully saturated rings.